The van der Waals surface area contributed by atoms with Crippen LogP contribution < -0.4 is 4.72 Å². The van der Waals surface area contributed by atoms with Gasteiger partial charge in [-0.15, -0.1) is 11.3 Å². The number of hydrogen-bond acceptors (Lipinski definition) is 6. The molecular weight excluding hydrogens is 372 g/mol. The van der Waals surface area contributed by atoms with E-state index in [0.29, 0.717) is 28.1 Å². The minimum atomic E-state index is -3.72. The molecule has 0 atom stereocenters. The van der Waals surface area contributed by atoms with Crippen LogP contribution in [0.15, 0.2) is 69.5 Å². The molecule has 0 bridgehead atoms. The average molecular weight is 386 g/mol. The molecule has 0 aliphatic carbocycles. The molecule has 9 heteroatoms. The highest BCUT2D eigenvalue weighted by molar-refractivity contribution is 7.92. The van der Waals surface area contributed by atoms with Gasteiger partial charge in [-0.1, -0.05) is 18.2 Å². The van der Waals surface area contributed by atoms with E-state index in [0.717, 1.165) is 0 Å². The van der Waals surface area contributed by atoms with Crippen molar-refractivity contribution >= 4 is 27.2 Å². The first-order valence-electron chi connectivity index (χ1n) is 7.67. The summed E-state index contributed by atoms with van der Waals surface area (Å²) < 4.78 is 34.6. The van der Waals surface area contributed by atoms with Crippen LogP contribution in [0.25, 0.3) is 16.6 Å². The lowest BCUT2D eigenvalue weighted by molar-refractivity contribution is 0.580. The molecule has 0 saturated heterocycles. The highest BCUT2D eigenvalue weighted by Gasteiger charge is 2.19. The van der Waals surface area contributed by atoms with Gasteiger partial charge in [0.1, 0.15) is 11.5 Å². The molecule has 7 nitrogen and oxygen atoms in total. The van der Waals surface area contributed by atoms with Crippen molar-refractivity contribution < 1.29 is 12.8 Å². The Labute approximate surface area is 154 Å². The Balaban J connectivity index is 1.70. The Morgan fingerprint density at radius 2 is 1.96 bits per heavy atom. The maximum absolute atomic E-state index is 12.6. The predicted octanol–water partition coefficient (Wildman–Crippen LogP) is 3.70. The lowest BCUT2D eigenvalue weighted by atomic mass is 10.4. The van der Waals surface area contributed by atoms with E-state index in [1.807, 2.05) is 11.4 Å². The fourth-order valence-electron chi connectivity index (χ4n) is 2.41. The summed E-state index contributed by atoms with van der Waals surface area (Å²) >= 11 is 1.34. The predicted molar refractivity (Wildman–Crippen MR) is 98.9 cm³/mol. The second-order valence-corrected chi connectivity index (χ2v) is 8.01. The summed E-state index contributed by atoms with van der Waals surface area (Å²) in [6, 6.07) is 13.4. The van der Waals surface area contributed by atoms with Crippen LogP contribution in [-0.2, 0) is 10.0 Å². The molecule has 0 unspecified atom stereocenters. The first-order valence-corrected chi connectivity index (χ1v) is 10.0. The molecule has 0 spiro atoms. The quantitative estimate of drug-likeness (QED) is 0.565. The average Bonchev–Trinajstić information content (AvgIpc) is 3.35. The Kier molecular flexibility index (Phi) is 4.09. The number of aromatic nitrogens is 3. The van der Waals surface area contributed by atoms with E-state index in [1.54, 1.807) is 43.5 Å². The van der Waals surface area contributed by atoms with Gasteiger partial charge in [0.15, 0.2) is 5.76 Å². The number of sulfonamides is 1. The van der Waals surface area contributed by atoms with Crippen molar-refractivity contribution in [2.24, 2.45) is 0 Å². The monoisotopic (exact) mass is 386 g/mol. The van der Waals surface area contributed by atoms with E-state index in [1.165, 1.54) is 28.2 Å². The molecule has 4 rings (SSSR count). The van der Waals surface area contributed by atoms with E-state index < -0.39 is 10.0 Å². The molecule has 0 fully saturated rings. The third-order valence-electron chi connectivity index (χ3n) is 3.57. The molecule has 26 heavy (non-hydrogen) atoms. The molecule has 0 saturated carbocycles. The first kappa shape index (κ1) is 16.6. The van der Waals surface area contributed by atoms with E-state index in [-0.39, 0.29) is 4.90 Å². The molecule has 132 valence electrons. The molecule has 1 aromatic carbocycles. The lowest BCUT2D eigenvalue weighted by Crippen LogP contribution is -2.15. The summed E-state index contributed by atoms with van der Waals surface area (Å²) in [7, 11) is -3.72. The zero-order chi connectivity index (χ0) is 18.1. The molecule has 3 aromatic heterocycles. The largest absolute Gasteiger partial charge is 0.463 e. The molecule has 0 radical (unpaired) electrons. The topological polar surface area (TPSA) is 90.0 Å². The fourth-order valence-corrected chi connectivity index (χ4v) is 4.24. The number of furan rings is 1. The fraction of sp³-hybridized carbons (Fsp3) is 0.0588. The van der Waals surface area contributed by atoms with Crippen LogP contribution >= 0.6 is 11.3 Å². The third-order valence-corrected chi connectivity index (χ3v) is 5.76. The van der Waals surface area contributed by atoms with Gasteiger partial charge in [0.2, 0.25) is 5.13 Å². The zero-order valence-electron chi connectivity index (χ0n) is 13.7. The summed E-state index contributed by atoms with van der Waals surface area (Å²) in [5.41, 5.74) is 1.34. The standard InChI is InChI=1S/C17H14N4O3S2/c1-12-10-16(20-26(22,23)13-6-3-2-4-7-13)21(19-12)17-18-14(11-25-17)15-8-5-9-24-15/h2-11,20H,1H3. The smallest absolute Gasteiger partial charge is 0.263 e. The van der Waals surface area contributed by atoms with Crippen LogP contribution in [-0.4, -0.2) is 23.2 Å². The molecule has 0 amide bonds. The van der Waals surface area contributed by atoms with Crippen molar-refractivity contribution in [2.45, 2.75) is 11.8 Å². The van der Waals surface area contributed by atoms with Crippen molar-refractivity contribution in [2.75, 3.05) is 4.72 Å². The highest BCUT2D eigenvalue weighted by Crippen LogP contribution is 2.27. The van der Waals surface area contributed by atoms with E-state index in [4.69, 9.17) is 4.42 Å². The Hall–Kier alpha value is -2.91. The van der Waals surface area contributed by atoms with Crippen LogP contribution in [0.1, 0.15) is 5.69 Å². The summed E-state index contributed by atoms with van der Waals surface area (Å²) in [6.45, 7) is 1.79. The number of hydrogen-bond donors (Lipinski definition) is 1. The van der Waals surface area contributed by atoms with Crippen molar-refractivity contribution in [1.29, 1.82) is 0 Å². The van der Waals surface area contributed by atoms with Crippen LogP contribution in [0.3, 0.4) is 0 Å². The Morgan fingerprint density at radius 3 is 2.69 bits per heavy atom. The summed E-state index contributed by atoms with van der Waals surface area (Å²) in [5, 5.41) is 6.73. The first-order chi connectivity index (χ1) is 12.5. The number of nitrogens with one attached hydrogen (secondary N) is 1. The van der Waals surface area contributed by atoms with Crippen molar-refractivity contribution in [3.05, 3.63) is 65.9 Å². The maximum atomic E-state index is 12.6. The minimum Gasteiger partial charge on any atom is -0.463 e. The van der Waals surface area contributed by atoms with Gasteiger partial charge in [-0.05, 0) is 31.2 Å². The van der Waals surface area contributed by atoms with E-state index in [2.05, 4.69) is 14.8 Å². The SMILES string of the molecule is Cc1cc(NS(=O)(=O)c2ccccc2)n(-c2nc(-c3ccco3)cs2)n1. The number of anilines is 1. The Bertz CT molecular complexity index is 1130. The molecule has 0 aliphatic heterocycles. The van der Waals surface area contributed by atoms with Gasteiger partial charge in [0, 0.05) is 11.4 Å². The van der Waals surface area contributed by atoms with Crippen LogP contribution in [0.4, 0.5) is 5.82 Å². The summed E-state index contributed by atoms with van der Waals surface area (Å²) in [5.74, 6) is 0.967. The van der Waals surface area contributed by atoms with Crippen LogP contribution in [0, 0.1) is 6.92 Å². The van der Waals surface area contributed by atoms with Crippen LogP contribution in [0.2, 0.25) is 0 Å². The van der Waals surface area contributed by atoms with Crippen LogP contribution in [0.5, 0.6) is 0 Å². The summed E-state index contributed by atoms with van der Waals surface area (Å²) in [6.07, 6.45) is 1.58. The second kappa shape index (κ2) is 6.43. The zero-order valence-corrected chi connectivity index (χ0v) is 15.3. The minimum absolute atomic E-state index is 0.181. The molecule has 0 aliphatic rings. The summed E-state index contributed by atoms with van der Waals surface area (Å²) in [4.78, 5) is 4.67. The number of nitrogens with zero attached hydrogens (tertiary/aromatic N) is 3. The number of benzene rings is 1. The number of aryl methyl sites for hydroxylation is 1. The van der Waals surface area contributed by atoms with Gasteiger partial charge in [0.25, 0.3) is 10.0 Å². The van der Waals surface area contributed by atoms with Crippen molar-refractivity contribution in [3.63, 3.8) is 0 Å². The van der Waals surface area contributed by atoms with Gasteiger partial charge >= 0.3 is 0 Å². The van der Waals surface area contributed by atoms with Gasteiger partial charge < -0.3 is 4.42 Å². The van der Waals surface area contributed by atoms with E-state index in [9.17, 15) is 8.42 Å². The van der Waals surface area contributed by atoms with Gasteiger partial charge in [-0.3, -0.25) is 4.72 Å². The number of thiazole rings is 1. The second-order valence-electron chi connectivity index (χ2n) is 5.49. The molecular formula is C17H14N4O3S2. The molecule has 3 heterocycles. The normalized spacial score (nSPS) is 11.6. The van der Waals surface area contributed by atoms with Gasteiger partial charge in [0.05, 0.1) is 16.9 Å². The van der Waals surface area contributed by atoms with Gasteiger partial charge in [-0.25, -0.2) is 13.4 Å². The maximum Gasteiger partial charge on any atom is 0.263 e. The van der Waals surface area contributed by atoms with E-state index >= 15 is 0 Å². The van der Waals surface area contributed by atoms with Crippen molar-refractivity contribution in [1.82, 2.24) is 14.8 Å². The van der Waals surface area contributed by atoms with Gasteiger partial charge in [-0.2, -0.15) is 9.78 Å². The van der Waals surface area contributed by atoms with Crippen molar-refractivity contribution in [3.8, 4) is 16.6 Å². The Morgan fingerprint density at radius 1 is 1.15 bits per heavy atom. The molecule has 1 N–H and O–H groups in total. The highest BCUT2D eigenvalue weighted by atomic mass is 32.2. The third kappa shape index (κ3) is 3.14. The number of rotatable bonds is 5. The molecule has 4 aromatic rings. The lowest BCUT2D eigenvalue weighted by Gasteiger charge is -2.08.